The van der Waals surface area contributed by atoms with Gasteiger partial charge in [-0.2, -0.15) is 0 Å². The van der Waals surface area contributed by atoms with Crippen LogP contribution in [-0.2, 0) is 19.6 Å². The molecule has 0 aliphatic rings. The molecule has 9 heteroatoms. The van der Waals surface area contributed by atoms with Crippen molar-refractivity contribution in [1.82, 2.24) is 0 Å². The quantitative estimate of drug-likeness (QED) is 0.723. The van der Waals surface area contributed by atoms with Crippen LogP contribution in [0.15, 0.2) is 47.4 Å². The van der Waals surface area contributed by atoms with E-state index in [0.717, 1.165) is 5.56 Å². The number of methoxy groups -OCH3 is 1. The van der Waals surface area contributed by atoms with Gasteiger partial charge in [0.15, 0.2) is 6.10 Å². The Morgan fingerprint density at radius 2 is 1.74 bits per heavy atom. The molecule has 0 aliphatic carbocycles. The van der Waals surface area contributed by atoms with Crippen molar-refractivity contribution in [3.8, 4) is 5.75 Å². The van der Waals surface area contributed by atoms with E-state index in [9.17, 15) is 18.0 Å². The lowest BCUT2D eigenvalue weighted by molar-refractivity contribution is -0.123. The summed E-state index contributed by atoms with van der Waals surface area (Å²) >= 11 is 0. The van der Waals surface area contributed by atoms with Gasteiger partial charge in [0.25, 0.3) is 5.91 Å². The predicted octanol–water partition coefficient (Wildman–Crippen LogP) is 1.84. The molecule has 144 valence electrons. The molecule has 3 N–H and O–H groups in total. The first kappa shape index (κ1) is 20.4. The molecule has 0 saturated heterocycles. The first-order chi connectivity index (χ1) is 12.6. The molecule has 27 heavy (non-hydrogen) atoms. The minimum atomic E-state index is -3.81. The highest BCUT2D eigenvalue weighted by molar-refractivity contribution is 7.89. The molecule has 1 amide bonds. The summed E-state index contributed by atoms with van der Waals surface area (Å²) in [5.74, 6) is -0.692. The average Bonchev–Trinajstić information content (AvgIpc) is 2.61. The van der Waals surface area contributed by atoms with Crippen LogP contribution >= 0.6 is 0 Å². The number of ether oxygens (including phenoxy) is 2. The topological polar surface area (TPSA) is 125 Å². The highest BCUT2D eigenvalue weighted by Crippen LogP contribution is 2.20. The van der Waals surface area contributed by atoms with Crippen molar-refractivity contribution in [1.29, 1.82) is 0 Å². The van der Waals surface area contributed by atoms with Crippen molar-refractivity contribution < 1.29 is 27.5 Å². The Labute approximate surface area is 157 Å². The molecule has 0 radical (unpaired) electrons. The molecule has 0 spiro atoms. The van der Waals surface area contributed by atoms with Crippen molar-refractivity contribution in [3.63, 3.8) is 0 Å². The number of primary sulfonamides is 1. The largest absolute Gasteiger partial charge is 0.496 e. The van der Waals surface area contributed by atoms with Gasteiger partial charge in [0, 0.05) is 5.69 Å². The average molecular weight is 392 g/mol. The van der Waals surface area contributed by atoms with E-state index in [4.69, 9.17) is 14.6 Å². The van der Waals surface area contributed by atoms with Crippen molar-refractivity contribution in [2.24, 2.45) is 5.14 Å². The number of hydrogen-bond acceptors (Lipinski definition) is 6. The van der Waals surface area contributed by atoms with E-state index in [0.29, 0.717) is 11.4 Å². The van der Waals surface area contributed by atoms with E-state index in [2.05, 4.69) is 5.32 Å². The zero-order chi connectivity index (χ0) is 20.2. The van der Waals surface area contributed by atoms with Crippen molar-refractivity contribution in [2.45, 2.75) is 24.8 Å². The zero-order valence-electron chi connectivity index (χ0n) is 15.1. The van der Waals surface area contributed by atoms with E-state index in [-0.39, 0.29) is 10.5 Å². The van der Waals surface area contributed by atoms with Gasteiger partial charge in [-0.25, -0.2) is 18.4 Å². The van der Waals surface area contributed by atoms with E-state index in [1.807, 2.05) is 6.92 Å². The minimum Gasteiger partial charge on any atom is -0.496 e. The molecule has 1 atom stereocenters. The molecule has 2 rings (SSSR count). The summed E-state index contributed by atoms with van der Waals surface area (Å²) in [4.78, 5) is 24.3. The van der Waals surface area contributed by atoms with Crippen LogP contribution in [0.2, 0.25) is 0 Å². The van der Waals surface area contributed by atoms with Gasteiger partial charge in [-0.3, -0.25) is 4.79 Å². The molecule has 0 bridgehead atoms. The van der Waals surface area contributed by atoms with Crippen LogP contribution in [0.5, 0.6) is 5.75 Å². The maximum Gasteiger partial charge on any atom is 0.339 e. The highest BCUT2D eigenvalue weighted by atomic mass is 32.2. The minimum absolute atomic E-state index is 0.0757. The number of carbonyl (C=O) groups is 2. The number of benzene rings is 2. The number of rotatable bonds is 6. The SMILES string of the molecule is COc1cc(C(=O)O[C@H](C)C(=O)Nc2ccc(S(N)(=O)=O)cc2)ccc1C. The van der Waals surface area contributed by atoms with Gasteiger partial charge >= 0.3 is 5.97 Å². The van der Waals surface area contributed by atoms with E-state index in [1.54, 1.807) is 12.1 Å². The highest BCUT2D eigenvalue weighted by Gasteiger charge is 2.20. The zero-order valence-corrected chi connectivity index (χ0v) is 15.9. The molecule has 0 fully saturated rings. The van der Waals surface area contributed by atoms with Gasteiger partial charge in [0.2, 0.25) is 10.0 Å². The Hall–Kier alpha value is -2.91. The number of amides is 1. The second-order valence-electron chi connectivity index (χ2n) is 5.79. The number of aryl methyl sites for hydroxylation is 1. The maximum atomic E-state index is 12.2. The smallest absolute Gasteiger partial charge is 0.339 e. The molecular formula is C18H20N2O6S. The summed E-state index contributed by atoms with van der Waals surface area (Å²) < 4.78 is 32.8. The summed E-state index contributed by atoms with van der Waals surface area (Å²) in [7, 11) is -2.32. The van der Waals surface area contributed by atoms with Gasteiger partial charge < -0.3 is 14.8 Å². The first-order valence-corrected chi connectivity index (χ1v) is 9.46. The van der Waals surface area contributed by atoms with E-state index in [1.165, 1.54) is 44.4 Å². The Bertz CT molecular complexity index is 954. The molecule has 0 unspecified atom stereocenters. The molecular weight excluding hydrogens is 372 g/mol. The fraction of sp³-hybridized carbons (Fsp3) is 0.222. The number of sulfonamides is 1. The van der Waals surface area contributed by atoms with Crippen LogP contribution in [0.4, 0.5) is 5.69 Å². The third-order valence-electron chi connectivity index (χ3n) is 3.75. The predicted molar refractivity (Wildman–Crippen MR) is 99.1 cm³/mol. The van der Waals surface area contributed by atoms with E-state index >= 15 is 0 Å². The Morgan fingerprint density at radius 3 is 2.30 bits per heavy atom. The standard InChI is InChI=1S/C18H20N2O6S/c1-11-4-5-13(10-16(11)25-3)18(22)26-12(2)17(21)20-14-6-8-15(9-7-14)27(19,23)24/h4-10,12H,1-3H3,(H,20,21)(H2,19,23,24)/t12-/m1/s1. The molecule has 0 heterocycles. The number of hydrogen-bond donors (Lipinski definition) is 2. The molecule has 0 aliphatic heterocycles. The molecule has 8 nitrogen and oxygen atoms in total. The Kier molecular flexibility index (Phi) is 6.19. The van der Waals surface area contributed by atoms with Gasteiger partial charge in [-0.15, -0.1) is 0 Å². The van der Waals surface area contributed by atoms with Crippen LogP contribution in [0, 0.1) is 6.92 Å². The first-order valence-electron chi connectivity index (χ1n) is 7.91. The summed E-state index contributed by atoms with van der Waals surface area (Å²) in [6.45, 7) is 3.27. The Morgan fingerprint density at radius 1 is 1.11 bits per heavy atom. The number of nitrogens with two attached hydrogens (primary N) is 1. The van der Waals surface area contributed by atoms with Crippen molar-refractivity contribution in [3.05, 3.63) is 53.6 Å². The monoisotopic (exact) mass is 392 g/mol. The second-order valence-corrected chi connectivity index (χ2v) is 7.35. The van der Waals surface area contributed by atoms with Crippen LogP contribution in [-0.4, -0.2) is 33.5 Å². The normalized spacial score (nSPS) is 12.1. The van der Waals surface area contributed by atoms with Crippen LogP contribution in [0.25, 0.3) is 0 Å². The van der Waals surface area contributed by atoms with Gasteiger partial charge in [-0.05, 0) is 55.8 Å². The number of nitrogens with one attached hydrogen (secondary N) is 1. The van der Waals surface area contributed by atoms with Gasteiger partial charge in [0.1, 0.15) is 5.75 Å². The second kappa shape index (κ2) is 8.19. The maximum absolute atomic E-state index is 12.2. The lowest BCUT2D eigenvalue weighted by Gasteiger charge is -2.14. The van der Waals surface area contributed by atoms with Crippen molar-refractivity contribution in [2.75, 3.05) is 12.4 Å². The van der Waals surface area contributed by atoms with Crippen LogP contribution < -0.4 is 15.2 Å². The molecule has 2 aromatic rings. The van der Waals surface area contributed by atoms with Crippen LogP contribution in [0.1, 0.15) is 22.8 Å². The van der Waals surface area contributed by atoms with E-state index < -0.39 is 28.0 Å². The molecule has 0 aromatic heterocycles. The molecule has 2 aromatic carbocycles. The molecule has 0 saturated carbocycles. The number of esters is 1. The summed E-state index contributed by atoms with van der Waals surface area (Å²) in [5.41, 5.74) is 1.46. The van der Waals surface area contributed by atoms with Crippen LogP contribution in [0.3, 0.4) is 0 Å². The van der Waals surface area contributed by atoms with Gasteiger partial charge in [-0.1, -0.05) is 6.07 Å². The fourth-order valence-electron chi connectivity index (χ4n) is 2.20. The van der Waals surface area contributed by atoms with Crippen molar-refractivity contribution >= 4 is 27.6 Å². The third-order valence-corrected chi connectivity index (χ3v) is 4.68. The number of anilines is 1. The lowest BCUT2D eigenvalue weighted by Crippen LogP contribution is -2.30. The third kappa shape index (κ3) is 5.28. The lowest BCUT2D eigenvalue weighted by atomic mass is 10.1. The summed E-state index contributed by atoms with van der Waals surface area (Å²) in [6.07, 6.45) is -1.07. The number of carbonyl (C=O) groups excluding carboxylic acids is 2. The fourth-order valence-corrected chi connectivity index (χ4v) is 2.72. The summed E-state index contributed by atoms with van der Waals surface area (Å²) in [5, 5.41) is 7.55. The van der Waals surface area contributed by atoms with Gasteiger partial charge in [0.05, 0.1) is 17.6 Å². The Balaban J connectivity index is 2.02. The summed E-state index contributed by atoms with van der Waals surface area (Å²) in [6, 6.07) is 10.1.